The van der Waals surface area contributed by atoms with Crippen molar-refractivity contribution in [1.29, 1.82) is 0 Å². The summed E-state index contributed by atoms with van der Waals surface area (Å²) >= 11 is 0. The Labute approximate surface area is 171 Å². The van der Waals surface area contributed by atoms with E-state index < -0.39 is 0 Å². The average Bonchev–Trinajstić information content (AvgIpc) is 3.11. The van der Waals surface area contributed by atoms with Gasteiger partial charge in [0.2, 0.25) is 0 Å². The largest absolute Gasteiger partial charge is 0.352 e. The summed E-state index contributed by atoms with van der Waals surface area (Å²) in [6.07, 6.45) is 1.64. The maximum Gasteiger partial charge on any atom is 0.251 e. The number of benzene rings is 3. The summed E-state index contributed by atoms with van der Waals surface area (Å²) in [5, 5.41) is 3.02. The summed E-state index contributed by atoms with van der Waals surface area (Å²) < 4.78 is 2.28. The Morgan fingerprint density at radius 3 is 2.41 bits per heavy atom. The molecule has 0 saturated carbocycles. The van der Waals surface area contributed by atoms with Gasteiger partial charge in [0.25, 0.3) is 5.91 Å². The van der Waals surface area contributed by atoms with Gasteiger partial charge in [-0.2, -0.15) is 0 Å². The molecule has 146 valence electrons. The van der Waals surface area contributed by atoms with Crippen LogP contribution < -0.4 is 5.32 Å². The molecular formula is C25H25N3O. The number of nitrogens with one attached hydrogen (secondary N) is 1. The van der Waals surface area contributed by atoms with E-state index in [1.165, 1.54) is 5.56 Å². The van der Waals surface area contributed by atoms with Gasteiger partial charge in [0.05, 0.1) is 11.0 Å². The average molecular weight is 383 g/mol. The highest BCUT2D eigenvalue weighted by molar-refractivity contribution is 5.94. The first-order valence-electron chi connectivity index (χ1n) is 10.0. The van der Waals surface area contributed by atoms with Crippen molar-refractivity contribution in [2.24, 2.45) is 0 Å². The van der Waals surface area contributed by atoms with E-state index in [-0.39, 0.29) is 5.91 Å². The quantitative estimate of drug-likeness (QED) is 0.508. The summed E-state index contributed by atoms with van der Waals surface area (Å²) in [5.74, 6) is 0.961. The molecule has 4 aromatic rings. The number of carbonyl (C=O) groups excluding carboxylic acids is 1. The number of aryl methyl sites for hydroxylation is 3. The third kappa shape index (κ3) is 4.54. The molecule has 0 bridgehead atoms. The molecule has 1 heterocycles. The summed E-state index contributed by atoms with van der Waals surface area (Å²) in [5.41, 5.74) is 5.29. The molecule has 4 nitrogen and oxygen atoms in total. The number of fused-ring (bicyclic) bond motifs is 1. The summed E-state index contributed by atoms with van der Waals surface area (Å²) in [7, 11) is 0. The van der Waals surface area contributed by atoms with E-state index >= 15 is 0 Å². The topological polar surface area (TPSA) is 46.9 Å². The third-order valence-electron chi connectivity index (χ3n) is 5.15. The molecule has 0 aliphatic carbocycles. The van der Waals surface area contributed by atoms with Crippen LogP contribution in [0.15, 0.2) is 78.9 Å². The Balaban J connectivity index is 1.46. The van der Waals surface area contributed by atoms with Gasteiger partial charge in [-0.15, -0.1) is 0 Å². The van der Waals surface area contributed by atoms with Crippen molar-refractivity contribution in [2.75, 3.05) is 6.54 Å². The van der Waals surface area contributed by atoms with Crippen molar-refractivity contribution in [3.8, 4) is 0 Å². The van der Waals surface area contributed by atoms with Gasteiger partial charge in [0.1, 0.15) is 5.82 Å². The lowest BCUT2D eigenvalue weighted by atomic mass is 10.1. The number of carbonyl (C=O) groups is 1. The van der Waals surface area contributed by atoms with Gasteiger partial charge >= 0.3 is 0 Å². The Hall–Kier alpha value is -3.40. The van der Waals surface area contributed by atoms with E-state index in [1.54, 1.807) is 0 Å². The minimum Gasteiger partial charge on any atom is -0.352 e. The van der Waals surface area contributed by atoms with Crippen LogP contribution in [0.2, 0.25) is 0 Å². The van der Waals surface area contributed by atoms with E-state index in [1.807, 2.05) is 55.5 Å². The molecule has 0 fully saturated rings. The minimum atomic E-state index is -0.0445. The molecule has 0 radical (unpaired) electrons. The summed E-state index contributed by atoms with van der Waals surface area (Å²) in [6, 6.07) is 26.3. The number of aromatic nitrogens is 2. The molecule has 3 aromatic carbocycles. The van der Waals surface area contributed by atoms with Crippen LogP contribution in [-0.4, -0.2) is 22.0 Å². The SMILES string of the molecule is Cc1ccc(C(=O)NCCc2nc3ccccc3n2CCc2ccccc2)cc1. The Bertz CT molecular complexity index is 1100. The number of para-hydroxylation sites is 2. The Morgan fingerprint density at radius 1 is 0.897 bits per heavy atom. The normalized spacial score (nSPS) is 10.9. The molecule has 0 spiro atoms. The number of rotatable bonds is 7. The Kier molecular flexibility index (Phi) is 5.71. The number of nitrogens with zero attached hydrogens (tertiary/aromatic N) is 2. The lowest BCUT2D eigenvalue weighted by Crippen LogP contribution is -2.26. The van der Waals surface area contributed by atoms with Crippen molar-refractivity contribution in [1.82, 2.24) is 14.9 Å². The fourth-order valence-corrected chi connectivity index (χ4v) is 3.55. The predicted octanol–water partition coefficient (Wildman–Crippen LogP) is 4.56. The van der Waals surface area contributed by atoms with Crippen molar-refractivity contribution in [3.05, 3.63) is 101 Å². The zero-order valence-corrected chi connectivity index (χ0v) is 16.6. The number of hydrogen-bond donors (Lipinski definition) is 1. The van der Waals surface area contributed by atoms with Crippen LogP contribution in [0.1, 0.15) is 27.3 Å². The second kappa shape index (κ2) is 8.74. The van der Waals surface area contributed by atoms with Crippen LogP contribution in [0.4, 0.5) is 0 Å². The van der Waals surface area contributed by atoms with Crippen molar-refractivity contribution in [3.63, 3.8) is 0 Å². The fourth-order valence-electron chi connectivity index (χ4n) is 3.55. The third-order valence-corrected chi connectivity index (χ3v) is 5.15. The first kappa shape index (κ1) is 18.9. The highest BCUT2D eigenvalue weighted by Gasteiger charge is 2.11. The molecule has 4 rings (SSSR count). The van der Waals surface area contributed by atoms with Crippen LogP contribution in [0.5, 0.6) is 0 Å². The lowest BCUT2D eigenvalue weighted by molar-refractivity contribution is 0.0954. The molecule has 1 N–H and O–H groups in total. The van der Waals surface area contributed by atoms with Crippen molar-refractivity contribution < 1.29 is 4.79 Å². The van der Waals surface area contributed by atoms with Gasteiger partial charge in [-0.1, -0.05) is 60.2 Å². The molecule has 0 unspecified atom stereocenters. The van der Waals surface area contributed by atoms with Gasteiger partial charge in [-0.05, 0) is 43.2 Å². The zero-order chi connectivity index (χ0) is 20.1. The zero-order valence-electron chi connectivity index (χ0n) is 16.6. The van der Waals surface area contributed by atoms with E-state index in [9.17, 15) is 4.79 Å². The van der Waals surface area contributed by atoms with Gasteiger partial charge < -0.3 is 9.88 Å². The number of amides is 1. The first-order chi connectivity index (χ1) is 14.2. The molecule has 1 aromatic heterocycles. The molecule has 0 aliphatic rings. The van der Waals surface area contributed by atoms with Crippen LogP contribution in [0, 0.1) is 6.92 Å². The Morgan fingerprint density at radius 2 is 1.62 bits per heavy atom. The smallest absolute Gasteiger partial charge is 0.251 e. The molecule has 4 heteroatoms. The maximum atomic E-state index is 12.4. The minimum absolute atomic E-state index is 0.0445. The van der Waals surface area contributed by atoms with E-state index in [0.717, 1.165) is 35.4 Å². The second-order valence-electron chi connectivity index (χ2n) is 7.28. The van der Waals surface area contributed by atoms with Crippen molar-refractivity contribution >= 4 is 16.9 Å². The van der Waals surface area contributed by atoms with Crippen LogP contribution in [0.25, 0.3) is 11.0 Å². The fraction of sp³-hybridized carbons (Fsp3) is 0.200. The van der Waals surface area contributed by atoms with E-state index in [0.29, 0.717) is 18.5 Å². The lowest BCUT2D eigenvalue weighted by Gasteiger charge is -2.10. The first-order valence-corrected chi connectivity index (χ1v) is 10.0. The molecule has 29 heavy (non-hydrogen) atoms. The van der Waals surface area contributed by atoms with E-state index in [4.69, 9.17) is 4.98 Å². The maximum absolute atomic E-state index is 12.4. The molecule has 0 aliphatic heterocycles. The highest BCUT2D eigenvalue weighted by Crippen LogP contribution is 2.17. The summed E-state index contributed by atoms with van der Waals surface area (Å²) in [4.78, 5) is 17.2. The number of imidazole rings is 1. The van der Waals surface area contributed by atoms with Gasteiger partial charge in [-0.25, -0.2) is 4.98 Å². The molecule has 1 amide bonds. The van der Waals surface area contributed by atoms with Crippen LogP contribution >= 0.6 is 0 Å². The predicted molar refractivity (Wildman–Crippen MR) is 117 cm³/mol. The number of hydrogen-bond acceptors (Lipinski definition) is 2. The van der Waals surface area contributed by atoms with Crippen LogP contribution in [-0.2, 0) is 19.4 Å². The second-order valence-corrected chi connectivity index (χ2v) is 7.28. The van der Waals surface area contributed by atoms with Crippen LogP contribution in [0.3, 0.4) is 0 Å². The summed E-state index contributed by atoms with van der Waals surface area (Å²) in [6.45, 7) is 3.44. The monoisotopic (exact) mass is 383 g/mol. The standard InChI is InChI=1S/C25H25N3O/c1-19-11-13-21(14-12-19)25(29)26-17-15-24-27-22-9-5-6-10-23(22)28(24)18-16-20-7-3-2-4-8-20/h2-14H,15-18H2,1H3,(H,26,29). The van der Waals surface area contributed by atoms with Gasteiger partial charge in [0, 0.05) is 25.1 Å². The van der Waals surface area contributed by atoms with E-state index in [2.05, 4.69) is 40.2 Å². The van der Waals surface area contributed by atoms with Crippen molar-refractivity contribution in [2.45, 2.75) is 26.3 Å². The van der Waals surface area contributed by atoms with Gasteiger partial charge in [0.15, 0.2) is 0 Å². The van der Waals surface area contributed by atoms with Gasteiger partial charge in [-0.3, -0.25) is 4.79 Å². The molecular weight excluding hydrogens is 358 g/mol. The highest BCUT2D eigenvalue weighted by atomic mass is 16.1. The molecule has 0 saturated heterocycles. The molecule has 0 atom stereocenters.